The summed E-state index contributed by atoms with van der Waals surface area (Å²) in [5.41, 5.74) is 0. The van der Waals surface area contributed by atoms with Crippen LogP contribution >= 0.6 is 0 Å². The molecule has 1 fully saturated rings. The Hall–Kier alpha value is -0.120. The van der Waals surface area contributed by atoms with Crippen molar-refractivity contribution in [1.82, 2.24) is 10.2 Å². The minimum absolute atomic E-state index is 0.377. The van der Waals surface area contributed by atoms with E-state index >= 15 is 0 Å². The lowest BCUT2D eigenvalue weighted by Crippen LogP contribution is -2.33. The first-order chi connectivity index (χ1) is 7.61. The molecule has 1 N–H and O–H groups in total. The summed E-state index contributed by atoms with van der Waals surface area (Å²) in [6.07, 6.45) is 1.71. The number of nitrogens with one attached hydrogen (secondary N) is 1. The third-order valence-electron chi connectivity index (χ3n) is 3.15. The summed E-state index contributed by atoms with van der Waals surface area (Å²) in [7, 11) is 0. The highest BCUT2D eigenvalue weighted by atomic mass is 16.5. The van der Waals surface area contributed by atoms with Crippen LogP contribution in [0.5, 0.6) is 0 Å². The first kappa shape index (κ1) is 13.9. The van der Waals surface area contributed by atoms with E-state index in [1.165, 1.54) is 19.5 Å². The van der Waals surface area contributed by atoms with Crippen LogP contribution in [0.25, 0.3) is 0 Å². The van der Waals surface area contributed by atoms with Crippen molar-refractivity contribution in [3.05, 3.63) is 0 Å². The maximum Gasteiger partial charge on any atom is 0.0673 e. The second-order valence-electron chi connectivity index (χ2n) is 5.24. The summed E-state index contributed by atoms with van der Waals surface area (Å²) >= 11 is 0. The van der Waals surface area contributed by atoms with Gasteiger partial charge in [-0.25, -0.2) is 0 Å². The van der Waals surface area contributed by atoms with Crippen LogP contribution in [0.4, 0.5) is 0 Å². The molecule has 3 heteroatoms. The second-order valence-corrected chi connectivity index (χ2v) is 5.24. The van der Waals surface area contributed by atoms with Gasteiger partial charge in [0.05, 0.1) is 6.10 Å². The zero-order valence-electron chi connectivity index (χ0n) is 11.3. The standard InChI is InChI=1S/C13H28N2O/c1-5-16-12(4)9-15-7-6-13(10-15)8-14-11(2)3/h11-14H,5-10H2,1-4H3. The maximum absolute atomic E-state index is 5.58. The molecule has 1 saturated heterocycles. The summed E-state index contributed by atoms with van der Waals surface area (Å²) in [6.45, 7) is 14.2. The van der Waals surface area contributed by atoms with Crippen molar-refractivity contribution < 1.29 is 4.74 Å². The van der Waals surface area contributed by atoms with Crippen molar-refractivity contribution in [2.45, 2.75) is 46.3 Å². The van der Waals surface area contributed by atoms with E-state index in [2.05, 4.69) is 37.9 Å². The third-order valence-corrected chi connectivity index (χ3v) is 3.15. The molecule has 0 aromatic rings. The predicted molar refractivity (Wildman–Crippen MR) is 68.8 cm³/mol. The molecule has 1 aliphatic rings. The van der Waals surface area contributed by atoms with Crippen molar-refractivity contribution in [2.24, 2.45) is 5.92 Å². The highest BCUT2D eigenvalue weighted by molar-refractivity contribution is 4.78. The van der Waals surface area contributed by atoms with Crippen LogP contribution in [-0.2, 0) is 4.74 Å². The molecule has 1 aliphatic heterocycles. The Labute approximate surface area is 101 Å². The normalized spacial score (nSPS) is 24.2. The number of rotatable bonds is 7. The predicted octanol–water partition coefficient (Wildman–Crippen LogP) is 1.73. The summed E-state index contributed by atoms with van der Waals surface area (Å²) in [6, 6.07) is 0.608. The topological polar surface area (TPSA) is 24.5 Å². The van der Waals surface area contributed by atoms with Gasteiger partial charge in [-0.3, -0.25) is 0 Å². The van der Waals surface area contributed by atoms with Crippen molar-refractivity contribution in [2.75, 3.05) is 32.8 Å². The Morgan fingerprint density at radius 1 is 1.38 bits per heavy atom. The van der Waals surface area contributed by atoms with Gasteiger partial charge < -0.3 is 15.0 Å². The third kappa shape index (κ3) is 5.28. The van der Waals surface area contributed by atoms with Gasteiger partial charge in [-0.2, -0.15) is 0 Å². The molecule has 1 rings (SSSR count). The van der Waals surface area contributed by atoms with E-state index in [-0.39, 0.29) is 0 Å². The van der Waals surface area contributed by atoms with E-state index in [0.717, 1.165) is 25.6 Å². The molecule has 3 nitrogen and oxygen atoms in total. The Morgan fingerprint density at radius 2 is 2.12 bits per heavy atom. The van der Waals surface area contributed by atoms with Crippen LogP contribution in [0.2, 0.25) is 0 Å². The fraction of sp³-hybridized carbons (Fsp3) is 1.00. The van der Waals surface area contributed by atoms with E-state index in [4.69, 9.17) is 4.74 Å². The van der Waals surface area contributed by atoms with Crippen LogP contribution < -0.4 is 5.32 Å². The van der Waals surface area contributed by atoms with Crippen molar-refractivity contribution in [3.63, 3.8) is 0 Å². The molecule has 0 aliphatic carbocycles. The lowest BCUT2D eigenvalue weighted by Gasteiger charge is -2.21. The number of likely N-dealkylation sites (tertiary alicyclic amines) is 1. The molecule has 0 aromatic carbocycles. The summed E-state index contributed by atoms with van der Waals surface area (Å²) < 4.78 is 5.58. The monoisotopic (exact) mass is 228 g/mol. The van der Waals surface area contributed by atoms with E-state index in [1.54, 1.807) is 0 Å². The molecule has 2 atom stereocenters. The SMILES string of the molecule is CCOC(C)CN1CCC(CNC(C)C)C1. The summed E-state index contributed by atoms with van der Waals surface area (Å²) in [5, 5.41) is 3.53. The lowest BCUT2D eigenvalue weighted by atomic mass is 10.1. The first-order valence-electron chi connectivity index (χ1n) is 6.69. The van der Waals surface area contributed by atoms with E-state index < -0.39 is 0 Å². The average molecular weight is 228 g/mol. The Balaban J connectivity index is 2.14. The van der Waals surface area contributed by atoms with Crippen molar-refractivity contribution >= 4 is 0 Å². The largest absolute Gasteiger partial charge is 0.377 e. The molecule has 0 radical (unpaired) electrons. The molecule has 96 valence electrons. The second kappa shape index (κ2) is 7.25. The Morgan fingerprint density at radius 3 is 2.75 bits per heavy atom. The van der Waals surface area contributed by atoms with Gasteiger partial charge in [0, 0.05) is 25.7 Å². The van der Waals surface area contributed by atoms with Gasteiger partial charge in [0.1, 0.15) is 0 Å². The van der Waals surface area contributed by atoms with Gasteiger partial charge in [-0.1, -0.05) is 13.8 Å². The molecule has 16 heavy (non-hydrogen) atoms. The minimum Gasteiger partial charge on any atom is -0.377 e. The smallest absolute Gasteiger partial charge is 0.0673 e. The van der Waals surface area contributed by atoms with Gasteiger partial charge in [-0.05, 0) is 39.3 Å². The van der Waals surface area contributed by atoms with Crippen LogP contribution in [0, 0.1) is 5.92 Å². The molecule has 0 saturated carbocycles. The molecular weight excluding hydrogens is 200 g/mol. The maximum atomic E-state index is 5.58. The molecule has 2 unspecified atom stereocenters. The van der Waals surface area contributed by atoms with Crippen molar-refractivity contribution in [3.8, 4) is 0 Å². The minimum atomic E-state index is 0.377. The fourth-order valence-corrected chi connectivity index (χ4v) is 2.35. The van der Waals surface area contributed by atoms with E-state index in [1.807, 2.05) is 0 Å². The summed E-state index contributed by atoms with van der Waals surface area (Å²) in [4.78, 5) is 2.53. The quantitative estimate of drug-likeness (QED) is 0.718. The molecule has 0 aromatic heterocycles. The highest BCUT2D eigenvalue weighted by Gasteiger charge is 2.23. The number of nitrogens with zero attached hydrogens (tertiary/aromatic N) is 1. The van der Waals surface area contributed by atoms with E-state index in [0.29, 0.717) is 12.1 Å². The number of ether oxygens (including phenoxy) is 1. The first-order valence-corrected chi connectivity index (χ1v) is 6.69. The zero-order valence-corrected chi connectivity index (χ0v) is 11.3. The molecule has 0 bridgehead atoms. The van der Waals surface area contributed by atoms with E-state index in [9.17, 15) is 0 Å². The van der Waals surface area contributed by atoms with Gasteiger partial charge in [0.25, 0.3) is 0 Å². The van der Waals surface area contributed by atoms with Gasteiger partial charge in [0.15, 0.2) is 0 Å². The fourth-order valence-electron chi connectivity index (χ4n) is 2.35. The molecule has 0 spiro atoms. The molecule has 1 heterocycles. The van der Waals surface area contributed by atoms with Crippen molar-refractivity contribution in [1.29, 1.82) is 0 Å². The zero-order chi connectivity index (χ0) is 12.0. The van der Waals surface area contributed by atoms with Gasteiger partial charge in [0.2, 0.25) is 0 Å². The van der Waals surface area contributed by atoms with Gasteiger partial charge in [-0.15, -0.1) is 0 Å². The lowest BCUT2D eigenvalue weighted by molar-refractivity contribution is 0.0506. The Kier molecular flexibility index (Phi) is 6.32. The van der Waals surface area contributed by atoms with Crippen LogP contribution in [0.3, 0.4) is 0 Å². The summed E-state index contributed by atoms with van der Waals surface area (Å²) in [5.74, 6) is 0.830. The number of hydrogen-bond acceptors (Lipinski definition) is 3. The molecule has 0 amide bonds. The highest BCUT2D eigenvalue weighted by Crippen LogP contribution is 2.16. The van der Waals surface area contributed by atoms with Crippen LogP contribution in [0.1, 0.15) is 34.1 Å². The number of hydrogen-bond donors (Lipinski definition) is 1. The van der Waals surface area contributed by atoms with Crippen LogP contribution in [0.15, 0.2) is 0 Å². The van der Waals surface area contributed by atoms with Crippen LogP contribution in [-0.4, -0.2) is 49.8 Å². The van der Waals surface area contributed by atoms with Gasteiger partial charge >= 0.3 is 0 Å². The molecular formula is C13H28N2O. The Bertz CT molecular complexity index is 185. The average Bonchev–Trinajstić information content (AvgIpc) is 2.63.